The number of piperazine rings is 1. The summed E-state index contributed by atoms with van der Waals surface area (Å²) in [7, 11) is 1.69. The van der Waals surface area contributed by atoms with E-state index >= 15 is 0 Å². The Morgan fingerprint density at radius 1 is 0.930 bits per heavy atom. The fourth-order valence-electron chi connectivity index (χ4n) is 6.30. The van der Waals surface area contributed by atoms with Crippen LogP contribution in [0.15, 0.2) is 72.8 Å². The van der Waals surface area contributed by atoms with E-state index in [2.05, 4.69) is 42.8 Å². The van der Waals surface area contributed by atoms with Crippen LogP contribution >= 0.6 is 0 Å². The highest BCUT2D eigenvalue weighted by Crippen LogP contribution is 2.28. The normalized spacial score (nSPS) is 16.5. The molecule has 0 aliphatic carbocycles. The van der Waals surface area contributed by atoms with Crippen molar-refractivity contribution in [2.24, 2.45) is 5.92 Å². The molecule has 2 aliphatic rings. The average molecular weight is 585 g/mol. The Hall–Kier alpha value is -4.11. The predicted molar refractivity (Wildman–Crippen MR) is 169 cm³/mol. The summed E-state index contributed by atoms with van der Waals surface area (Å²) in [6.45, 7) is 7.86. The first kappa shape index (κ1) is 29.0. The fraction of sp³-hybridized carbons (Fsp3) is 0.412. The van der Waals surface area contributed by atoms with Gasteiger partial charge in [0.2, 0.25) is 11.9 Å². The largest absolute Gasteiger partial charge is 0.497 e. The van der Waals surface area contributed by atoms with Gasteiger partial charge < -0.3 is 24.4 Å². The Labute approximate surface area is 253 Å². The Bertz CT molecular complexity index is 1510. The SMILES string of the molecule is COc1ccc(N2CCN(CCCNC(=O)C3CCN(c4nc5ccccc5n4Cc4cccc(F)c4)CC3)CC2)cc1. The molecule has 1 aromatic heterocycles. The third kappa shape index (κ3) is 6.94. The van der Waals surface area contributed by atoms with Gasteiger partial charge in [0, 0.05) is 57.4 Å². The summed E-state index contributed by atoms with van der Waals surface area (Å²) >= 11 is 0. The molecule has 2 fully saturated rings. The predicted octanol–water partition coefficient (Wildman–Crippen LogP) is 4.78. The zero-order valence-corrected chi connectivity index (χ0v) is 24.9. The number of hydrogen-bond acceptors (Lipinski definition) is 6. The highest BCUT2D eigenvalue weighted by Gasteiger charge is 2.28. The molecular weight excluding hydrogens is 543 g/mol. The molecule has 9 heteroatoms. The van der Waals surface area contributed by atoms with Crippen molar-refractivity contribution in [3.63, 3.8) is 0 Å². The van der Waals surface area contributed by atoms with Crippen molar-refractivity contribution in [2.45, 2.75) is 25.8 Å². The Kier molecular flexibility index (Phi) is 9.07. The number of benzene rings is 3. The quantitative estimate of drug-likeness (QED) is 0.271. The molecule has 226 valence electrons. The van der Waals surface area contributed by atoms with Crippen molar-refractivity contribution in [1.29, 1.82) is 0 Å². The molecule has 1 amide bonds. The minimum atomic E-state index is -0.234. The van der Waals surface area contributed by atoms with E-state index in [1.807, 2.05) is 36.4 Å². The number of hydrogen-bond donors (Lipinski definition) is 1. The van der Waals surface area contributed by atoms with Crippen LogP contribution in [0.4, 0.5) is 16.0 Å². The number of para-hydroxylation sites is 2. The van der Waals surface area contributed by atoms with Gasteiger partial charge in [0.05, 0.1) is 24.7 Å². The average Bonchev–Trinajstić information content (AvgIpc) is 3.41. The van der Waals surface area contributed by atoms with Crippen LogP contribution < -0.4 is 19.9 Å². The topological polar surface area (TPSA) is 65.9 Å². The van der Waals surface area contributed by atoms with Gasteiger partial charge in [-0.05, 0) is 79.9 Å². The van der Waals surface area contributed by atoms with E-state index in [1.165, 1.54) is 11.8 Å². The van der Waals surface area contributed by atoms with E-state index in [-0.39, 0.29) is 17.6 Å². The molecule has 4 aromatic rings. The molecule has 0 spiro atoms. The molecule has 2 aliphatic heterocycles. The van der Waals surface area contributed by atoms with Gasteiger partial charge in [0.1, 0.15) is 11.6 Å². The third-order valence-corrected chi connectivity index (χ3v) is 8.77. The van der Waals surface area contributed by atoms with E-state index < -0.39 is 0 Å². The standard InChI is InChI=1S/C34H41FN6O2/c1-43-30-12-10-29(11-13-30)39-22-20-38(21-23-39)17-5-16-36-33(42)27-14-18-40(19-15-27)34-37-31-8-2-3-9-32(31)41(34)25-26-6-4-7-28(35)24-26/h2-4,6-13,24,27H,5,14-23,25H2,1H3,(H,36,42). The zero-order valence-electron chi connectivity index (χ0n) is 24.9. The van der Waals surface area contributed by atoms with Crippen LogP contribution in [0.1, 0.15) is 24.8 Å². The van der Waals surface area contributed by atoms with Gasteiger partial charge in [-0.3, -0.25) is 9.69 Å². The molecule has 0 atom stereocenters. The van der Waals surface area contributed by atoms with Gasteiger partial charge in [0.25, 0.3) is 0 Å². The van der Waals surface area contributed by atoms with Gasteiger partial charge >= 0.3 is 0 Å². The number of nitrogens with zero attached hydrogens (tertiary/aromatic N) is 5. The molecule has 6 rings (SSSR count). The molecule has 0 unspecified atom stereocenters. The Morgan fingerprint density at radius 2 is 1.70 bits per heavy atom. The monoisotopic (exact) mass is 584 g/mol. The number of piperidine rings is 1. The number of anilines is 2. The van der Waals surface area contributed by atoms with Crippen LogP contribution in [0.5, 0.6) is 5.75 Å². The summed E-state index contributed by atoms with van der Waals surface area (Å²) in [5.41, 5.74) is 4.10. The summed E-state index contributed by atoms with van der Waals surface area (Å²) in [5, 5.41) is 3.20. The Morgan fingerprint density at radius 3 is 2.44 bits per heavy atom. The minimum absolute atomic E-state index is 0.0188. The van der Waals surface area contributed by atoms with Gasteiger partial charge in [-0.2, -0.15) is 0 Å². The maximum absolute atomic E-state index is 13.9. The maximum Gasteiger partial charge on any atom is 0.223 e. The summed E-state index contributed by atoms with van der Waals surface area (Å²) < 4.78 is 21.3. The molecule has 3 aromatic carbocycles. The third-order valence-electron chi connectivity index (χ3n) is 8.77. The van der Waals surface area contributed by atoms with Crippen molar-refractivity contribution in [2.75, 3.05) is 69.3 Å². The summed E-state index contributed by atoms with van der Waals surface area (Å²) in [5.74, 6) is 1.72. The number of carbonyl (C=O) groups is 1. The fourth-order valence-corrected chi connectivity index (χ4v) is 6.30. The Balaban J connectivity index is 0.953. The number of carbonyl (C=O) groups excluding carboxylic acids is 1. The molecule has 3 heterocycles. The first-order chi connectivity index (χ1) is 21.1. The van der Waals surface area contributed by atoms with Crippen LogP contribution in [0, 0.1) is 11.7 Å². The maximum atomic E-state index is 13.9. The second kappa shape index (κ2) is 13.5. The van der Waals surface area contributed by atoms with Crippen molar-refractivity contribution in [1.82, 2.24) is 19.8 Å². The van der Waals surface area contributed by atoms with Crippen LogP contribution in [0.2, 0.25) is 0 Å². The number of imidazole rings is 1. The van der Waals surface area contributed by atoms with Crippen LogP contribution in [-0.4, -0.2) is 79.8 Å². The molecule has 43 heavy (non-hydrogen) atoms. The lowest BCUT2D eigenvalue weighted by Gasteiger charge is -2.36. The van der Waals surface area contributed by atoms with Crippen LogP contribution in [0.25, 0.3) is 11.0 Å². The summed E-state index contributed by atoms with van der Waals surface area (Å²) in [6.07, 6.45) is 2.54. The lowest BCUT2D eigenvalue weighted by atomic mass is 9.96. The second-order valence-corrected chi connectivity index (χ2v) is 11.5. The van der Waals surface area contributed by atoms with E-state index in [0.29, 0.717) is 13.1 Å². The number of aromatic nitrogens is 2. The molecule has 1 N–H and O–H groups in total. The number of amides is 1. The molecule has 0 radical (unpaired) electrons. The number of fused-ring (bicyclic) bond motifs is 1. The molecule has 0 bridgehead atoms. The first-order valence-corrected chi connectivity index (χ1v) is 15.4. The molecular formula is C34H41FN6O2. The van der Waals surface area contributed by atoms with Gasteiger partial charge in [-0.1, -0.05) is 24.3 Å². The first-order valence-electron chi connectivity index (χ1n) is 15.4. The summed E-state index contributed by atoms with van der Waals surface area (Å²) in [4.78, 5) is 25.1. The van der Waals surface area contributed by atoms with Crippen LogP contribution in [-0.2, 0) is 11.3 Å². The molecule has 0 saturated carbocycles. The molecule has 2 saturated heterocycles. The second-order valence-electron chi connectivity index (χ2n) is 11.5. The van der Waals surface area contributed by atoms with E-state index in [4.69, 9.17) is 9.72 Å². The number of rotatable bonds is 10. The molecule has 8 nitrogen and oxygen atoms in total. The van der Waals surface area contributed by atoms with Crippen molar-refractivity contribution < 1.29 is 13.9 Å². The van der Waals surface area contributed by atoms with Crippen molar-refractivity contribution in [3.05, 3.63) is 84.2 Å². The van der Waals surface area contributed by atoms with Gasteiger partial charge in [-0.15, -0.1) is 0 Å². The van der Waals surface area contributed by atoms with Crippen molar-refractivity contribution in [3.8, 4) is 5.75 Å². The number of methoxy groups -OCH3 is 1. The lowest BCUT2D eigenvalue weighted by molar-refractivity contribution is -0.125. The number of halogens is 1. The zero-order chi connectivity index (χ0) is 29.6. The van der Waals surface area contributed by atoms with E-state index in [0.717, 1.165) is 93.4 Å². The van der Waals surface area contributed by atoms with Crippen LogP contribution in [0.3, 0.4) is 0 Å². The van der Waals surface area contributed by atoms with E-state index in [1.54, 1.807) is 19.2 Å². The lowest BCUT2D eigenvalue weighted by Crippen LogP contribution is -2.47. The number of ether oxygens (including phenoxy) is 1. The smallest absolute Gasteiger partial charge is 0.223 e. The highest BCUT2D eigenvalue weighted by atomic mass is 19.1. The van der Waals surface area contributed by atoms with Crippen molar-refractivity contribution >= 4 is 28.6 Å². The highest BCUT2D eigenvalue weighted by molar-refractivity contribution is 5.80. The number of nitrogens with one attached hydrogen (secondary N) is 1. The minimum Gasteiger partial charge on any atom is -0.497 e. The summed E-state index contributed by atoms with van der Waals surface area (Å²) in [6, 6.07) is 23.1. The van der Waals surface area contributed by atoms with Gasteiger partial charge in [-0.25, -0.2) is 9.37 Å². The van der Waals surface area contributed by atoms with Gasteiger partial charge in [0.15, 0.2) is 0 Å². The van der Waals surface area contributed by atoms with E-state index in [9.17, 15) is 9.18 Å².